The second-order valence-electron chi connectivity index (χ2n) is 6.58. The molecule has 0 spiro atoms. The summed E-state index contributed by atoms with van der Waals surface area (Å²) in [5.41, 5.74) is 4.19. The summed E-state index contributed by atoms with van der Waals surface area (Å²) in [6.07, 6.45) is 6.30. The van der Waals surface area contributed by atoms with E-state index in [1.807, 2.05) is 13.8 Å². The number of carboxylic acids is 1. The number of fused-ring (bicyclic) bond motifs is 1. The molecule has 2 rings (SSSR count). The number of hydrogen-bond donors (Lipinski definition) is 2. The van der Waals surface area contributed by atoms with Crippen molar-refractivity contribution in [1.29, 1.82) is 0 Å². The second kappa shape index (κ2) is 8.14. The first-order valence-corrected chi connectivity index (χ1v) is 8.64. The number of hydrogen-bond acceptors (Lipinski definition) is 2. The molecule has 2 N–H and O–H groups in total. The Morgan fingerprint density at radius 3 is 2.70 bits per heavy atom. The predicted molar refractivity (Wildman–Crippen MR) is 90.4 cm³/mol. The highest BCUT2D eigenvalue weighted by molar-refractivity contribution is 5.83. The Morgan fingerprint density at radius 2 is 2.00 bits per heavy atom. The van der Waals surface area contributed by atoms with Crippen LogP contribution in [-0.2, 0) is 28.9 Å². The van der Waals surface area contributed by atoms with Gasteiger partial charge in [0.15, 0.2) is 0 Å². The van der Waals surface area contributed by atoms with Crippen molar-refractivity contribution < 1.29 is 14.7 Å². The Balaban J connectivity index is 1.79. The van der Waals surface area contributed by atoms with E-state index in [9.17, 15) is 14.7 Å². The highest BCUT2D eigenvalue weighted by Crippen LogP contribution is 2.23. The van der Waals surface area contributed by atoms with Crippen molar-refractivity contribution in [1.82, 2.24) is 5.32 Å². The monoisotopic (exact) mass is 317 g/mol. The van der Waals surface area contributed by atoms with Gasteiger partial charge >= 0.3 is 5.97 Å². The number of carbonyl (C=O) groups excluding carboxylic acids is 1. The van der Waals surface area contributed by atoms with E-state index in [2.05, 4.69) is 23.5 Å². The van der Waals surface area contributed by atoms with Crippen LogP contribution >= 0.6 is 0 Å². The summed E-state index contributed by atoms with van der Waals surface area (Å²) in [7, 11) is 0. The van der Waals surface area contributed by atoms with Gasteiger partial charge in [0.05, 0.1) is 0 Å². The maximum Gasteiger partial charge on any atom is 0.326 e. The topological polar surface area (TPSA) is 66.4 Å². The molecule has 0 aliphatic heterocycles. The molecule has 4 nitrogen and oxygen atoms in total. The molecule has 1 aliphatic carbocycles. The average Bonchev–Trinajstić information content (AvgIpc) is 2.99. The smallest absolute Gasteiger partial charge is 0.326 e. The molecule has 0 heterocycles. The number of benzene rings is 1. The van der Waals surface area contributed by atoms with Crippen LogP contribution in [0.5, 0.6) is 0 Å². The van der Waals surface area contributed by atoms with Crippen molar-refractivity contribution >= 4 is 11.9 Å². The van der Waals surface area contributed by atoms with E-state index in [0.29, 0.717) is 6.42 Å². The lowest BCUT2D eigenvalue weighted by atomic mass is 9.98. The lowest BCUT2D eigenvalue weighted by Gasteiger charge is -2.20. The number of carbonyl (C=O) groups is 2. The van der Waals surface area contributed by atoms with Gasteiger partial charge < -0.3 is 10.4 Å². The van der Waals surface area contributed by atoms with Gasteiger partial charge in [0, 0.05) is 6.42 Å². The van der Waals surface area contributed by atoms with Gasteiger partial charge in [-0.3, -0.25) is 4.79 Å². The molecule has 0 radical (unpaired) electrons. The molecule has 1 amide bonds. The summed E-state index contributed by atoms with van der Waals surface area (Å²) in [5.74, 6) is -1.18. The van der Waals surface area contributed by atoms with E-state index in [1.54, 1.807) is 0 Å². The Labute approximate surface area is 138 Å². The van der Waals surface area contributed by atoms with Gasteiger partial charge in [0.25, 0.3) is 0 Å². The summed E-state index contributed by atoms with van der Waals surface area (Å²) in [5, 5.41) is 11.9. The van der Waals surface area contributed by atoms with E-state index in [4.69, 9.17) is 0 Å². The summed E-state index contributed by atoms with van der Waals surface area (Å²) < 4.78 is 0. The van der Waals surface area contributed by atoms with Gasteiger partial charge in [0.2, 0.25) is 5.91 Å². The third-order valence-corrected chi connectivity index (χ3v) is 4.83. The minimum atomic E-state index is -0.952. The fourth-order valence-electron chi connectivity index (χ4n) is 3.16. The molecule has 1 aliphatic rings. The van der Waals surface area contributed by atoms with Gasteiger partial charge in [-0.15, -0.1) is 0 Å². The fraction of sp³-hybridized carbons (Fsp3) is 0.579. The van der Waals surface area contributed by atoms with Crippen LogP contribution < -0.4 is 5.32 Å². The van der Waals surface area contributed by atoms with Crippen LogP contribution in [0.25, 0.3) is 0 Å². The molecular weight excluding hydrogens is 290 g/mol. The molecule has 0 fully saturated rings. The van der Waals surface area contributed by atoms with E-state index in [-0.39, 0.29) is 11.8 Å². The standard InChI is InChI=1S/C19H27NO3/c1-3-13(2)18(19(22)23)20-17(21)9-4-6-14-10-11-15-7-5-8-16(15)12-14/h10-13,18H,3-9H2,1-2H3,(H,20,21)(H,22,23). The lowest BCUT2D eigenvalue weighted by Crippen LogP contribution is -2.44. The highest BCUT2D eigenvalue weighted by Gasteiger charge is 2.24. The first kappa shape index (κ1) is 17.5. The quantitative estimate of drug-likeness (QED) is 0.774. The molecule has 1 aromatic rings. The van der Waals surface area contributed by atoms with E-state index < -0.39 is 12.0 Å². The normalized spacial score (nSPS) is 15.7. The molecule has 0 aromatic heterocycles. The number of rotatable bonds is 8. The largest absolute Gasteiger partial charge is 0.480 e. The Bertz CT molecular complexity index is 568. The van der Waals surface area contributed by atoms with Gasteiger partial charge in [-0.25, -0.2) is 4.79 Å². The first-order valence-electron chi connectivity index (χ1n) is 8.64. The van der Waals surface area contributed by atoms with E-state index in [0.717, 1.165) is 19.3 Å². The first-order chi connectivity index (χ1) is 11.0. The zero-order chi connectivity index (χ0) is 16.8. The number of carboxylic acid groups (broad SMARTS) is 1. The zero-order valence-electron chi connectivity index (χ0n) is 14.1. The van der Waals surface area contributed by atoms with Gasteiger partial charge in [-0.1, -0.05) is 38.5 Å². The molecule has 0 saturated heterocycles. The van der Waals surface area contributed by atoms with Gasteiger partial charge in [-0.05, 0) is 54.7 Å². The summed E-state index contributed by atoms with van der Waals surface area (Å²) in [6.45, 7) is 3.78. The molecule has 2 atom stereocenters. The number of nitrogens with one attached hydrogen (secondary N) is 1. The third-order valence-electron chi connectivity index (χ3n) is 4.83. The lowest BCUT2D eigenvalue weighted by molar-refractivity contribution is -0.143. The summed E-state index contributed by atoms with van der Waals surface area (Å²) in [4.78, 5) is 23.2. The maximum atomic E-state index is 12.0. The van der Waals surface area contributed by atoms with Crippen LogP contribution in [0.3, 0.4) is 0 Å². The van der Waals surface area contributed by atoms with Crippen LogP contribution in [0.2, 0.25) is 0 Å². The summed E-state index contributed by atoms with van der Waals surface area (Å²) in [6, 6.07) is 5.84. The molecule has 1 aromatic carbocycles. The second-order valence-corrected chi connectivity index (χ2v) is 6.58. The van der Waals surface area contributed by atoms with Crippen LogP contribution in [0, 0.1) is 5.92 Å². The number of aliphatic carboxylic acids is 1. The predicted octanol–water partition coefficient (Wildman–Crippen LogP) is 3.11. The third kappa shape index (κ3) is 4.81. The van der Waals surface area contributed by atoms with E-state index >= 15 is 0 Å². The molecular formula is C19H27NO3. The molecule has 23 heavy (non-hydrogen) atoms. The van der Waals surface area contributed by atoms with Crippen molar-refractivity contribution in [3.63, 3.8) is 0 Å². The van der Waals surface area contributed by atoms with Crippen LogP contribution in [0.1, 0.15) is 56.2 Å². The Kier molecular flexibility index (Phi) is 6.20. The number of amides is 1. The van der Waals surface area contributed by atoms with Crippen molar-refractivity contribution in [3.05, 3.63) is 34.9 Å². The minimum Gasteiger partial charge on any atom is -0.480 e. The molecule has 0 saturated carbocycles. The Morgan fingerprint density at radius 1 is 1.26 bits per heavy atom. The highest BCUT2D eigenvalue weighted by atomic mass is 16.4. The van der Waals surface area contributed by atoms with Crippen molar-refractivity contribution in [2.75, 3.05) is 0 Å². The zero-order valence-corrected chi connectivity index (χ0v) is 14.1. The molecule has 4 heteroatoms. The van der Waals surface area contributed by atoms with Crippen molar-refractivity contribution in [2.24, 2.45) is 5.92 Å². The van der Waals surface area contributed by atoms with Crippen LogP contribution in [0.4, 0.5) is 0 Å². The molecule has 2 unspecified atom stereocenters. The van der Waals surface area contributed by atoms with Gasteiger partial charge in [-0.2, -0.15) is 0 Å². The van der Waals surface area contributed by atoms with E-state index in [1.165, 1.54) is 36.0 Å². The van der Waals surface area contributed by atoms with Crippen LogP contribution in [-0.4, -0.2) is 23.0 Å². The summed E-state index contributed by atoms with van der Waals surface area (Å²) >= 11 is 0. The van der Waals surface area contributed by atoms with Crippen molar-refractivity contribution in [3.8, 4) is 0 Å². The van der Waals surface area contributed by atoms with Crippen molar-refractivity contribution in [2.45, 2.75) is 64.8 Å². The average molecular weight is 317 g/mol. The molecule has 0 bridgehead atoms. The van der Waals surface area contributed by atoms with Crippen LogP contribution in [0.15, 0.2) is 18.2 Å². The molecule has 126 valence electrons. The maximum absolute atomic E-state index is 12.0. The van der Waals surface area contributed by atoms with Gasteiger partial charge in [0.1, 0.15) is 6.04 Å². The Hall–Kier alpha value is -1.84. The number of aryl methyl sites for hydroxylation is 3. The fourth-order valence-corrected chi connectivity index (χ4v) is 3.16. The minimum absolute atomic E-state index is 0.0619. The SMILES string of the molecule is CCC(C)C(NC(=O)CCCc1ccc2c(c1)CCC2)C(=O)O.